The number of aromatic nitrogens is 2. The summed E-state index contributed by atoms with van der Waals surface area (Å²) in [5.41, 5.74) is 5.37. The van der Waals surface area contributed by atoms with E-state index in [1.807, 2.05) is 0 Å². The third-order valence-corrected chi connectivity index (χ3v) is 4.89. The molecule has 2 aliphatic carbocycles. The van der Waals surface area contributed by atoms with Crippen LogP contribution in [-0.2, 0) is 35.2 Å². The van der Waals surface area contributed by atoms with Gasteiger partial charge in [0.15, 0.2) is 5.69 Å². The zero-order chi connectivity index (χ0) is 19.8. The molecule has 1 aromatic rings. The SMILES string of the molecule is NC(=O)C1=C(NC(=O)Cn2nc(C(F)(F)F)c3c2CCCC3)C=CC(Cl)C1. The summed E-state index contributed by atoms with van der Waals surface area (Å²) in [7, 11) is 0. The number of hydrogen-bond acceptors (Lipinski definition) is 3. The molecule has 1 aromatic heterocycles. The van der Waals surface area contributed by atoms with Gasteiger partial charge in [-0.3, -0.25) is 14.3 Å². The Morgan fingerprint density at radius 2 is 2.04 bits per heavy atom. The highest BCUT2D eigenvalue weighted by molar-refractivity contribution is 6.22. The summed E-state index contributed by atoms with van der Waals surface area (Å²) in [5, 5.41) is 5.76. The molecular formula is C17H18ClF3N4O2. The molecule has 10 heteroatoms. The molecule has 0 aliphatic heterocycles. The van der Waals surface area contributed by atoms with Gasteiger partial charge >= 0.3 is 6.18 Å². The largest absolute Gasteiger partial charge is 0.435 e. The van der Waals surface area contributed by atoms with Crippen LogP contribution in [0.1, 0.15) is 36.2 Å². The Kier molecular flexibility index (Phi) is 5.32. The molecule has 1 heterocycles. The summed E-state index contributed by atoms with van der Waals surface area (Å²) in [6.07, 6.45) is 0.809. The zero-order valence-corrected chi connectivity index (χ0v) is 15.0. The molecule has 0 saturated heterocycles. The van der Waals surface area contributed by atoms with Crippen LogP contribution in [0.25, 0.3) is 0 Å². The molecule has 3 N–H and O–H groups in total. The van der Waals surface area contributed by atoms with Gasteiger partial charge in [0, 0.05) is 22.5 Å². The van der Waals surface area contributed by atoms with Crippen molar-refractivity contribution in [3.8, 4) is 0 Å². The molecule has 0 radical (unpaired) electrons. The maximum absolute atomic E-state index is 13.2. The average molecular weight is 403 g/mol. The predicted molar refractivity (Wildman–Crippen MR) is 91.6 cm³/mol. The van der Waals surface area contributed by atoms with Gasteiger partial charge in [0.2, 0.25) is 11.8 Å². The standard InChI is InChI=1S/C17H18ClF3N4O2/c18-9-5-6-12(11(7-9)16(22)27)23-14(26)8-25-13-4-2-1-3-10(13)15(24-25)17(19,20)21/h5-6,9H,1-4,7-8H2,(H2,22,27)(H,23,26). The molecule has 1 unspecified atom stereocenters. The van der Waals surface area contributed by atoms with E-state index >= 15 is 0 Å². The number of allylic oxidation sites excluding steroid dienone is 2. The first-order valence-corrected chi connectivity index (χ1v) is 8.91. The van der Waals surface area contributed by atoms with Crippen molar-refractivity contribution in [1.82, 2.24) is 15.1 Å². The van der Waals surface area contributed by atoms with Crippen molar-refractivity contribution in [3.63, 3.8) is 0 Å². The number of nitrogens with one attached hydrogen (secondary N) is 1. The first kappa shape index (κ1) is 19.5. The van der Waals surface area contributed by atoms with Gasteiger partial charge in [-0.05, 0) is 38.2 Å². The maximum Gasteiger partial charge on any atom is 0.435 e. The van der Waals surface area contributed by atoms with Crippen molar-refractivity contribution < 1.29 is 22.8 Å². The molecule has 0 saturated carbocycles. The monoisotopic (exact) mass is 402 g/mol. The van der Waals surface area contributed by atoms with E-state index in [9.17, 15) is 22.8 Å². The second kappa shape index (κ2) is 7.38. The van der Waals surface area contributed by atoms with Crippen molar-refractivity contribution in [2.45, 2.75) is 50.2 Å². The average Bonchev–Trinajstić information content (AvgIpc) is 2.95. The molecular weight excluding hydrogens is 385 g/mol. The van der Waals surface area contributed by atoms with Crippen LogP contribution in [0.3, 0.4) is 0 Å². The lowest BCUT2D eigenvalue weighted by molar-refractivity contribution is -0.142. The van der Waals surface area contributed by atoms with Crippen molar-refractivity contribution in [3.05, 3.63) is 40.4 Å². The minimum atomic E-state index is -4.56. The highest BCUT2D eigenvalue weighted by atomic mass is 35.5. The highest BCUT2D eigenvalue weighted by Crippen LogP contribution is 2.35. The molecule has 27 heavy (non-hydrogen) atoms. The van der Waals surface area contributed by atoms with E-state index in [1.165, 1.54) is 6.08 Å². The summed E-state index contributed by atoms with van der Waals surface area (Å²) in [6, 6.07) is 0. The minimum absolute atomic E-state index is 0.165. The Labute approximate surface area is 158 Å². The number of halogens is 4. The lowest BCUT2D eigenvalue weighted by Gasteiger charge is -2.18. The normalized spacial score (nSPS) is 19.8. The van der Waals surface area contributed by atoms with Crippen LogP contribution in [0, 0.1) is 0 Å². The lowest BCUT2D eigenvalue weighted by atomic mass is 9.95. The molecule has 3 rings (SSSR count). The van der Waals surface area contributed by atoms with Crippen LogP contribution in [-0.4, -0.2) is 27.0 Å². The lowest BCUT2D eigenvalue weighted by Crippen LogP contribution is -2.32. The third kappa shape index (κ3) is 4.18. The molecule has 6 nitrogen and oxygen atoms in total. The maximum atomic E-state index is 13.2. The number of hydrogen-bond donors (Lipinski definition) is 2. The van der Waals surface area contributed by atoms with Crippen LogP contribution in [0.5, 0.6) is 0 Å². The number of fused-ring (bicyclic) bond motifs is 1. The van der Waals surface area contributed by atoms with Gasteiger partial charge in [0.05, 0.1) is 5.38 Å². The smallest absolute Gasteiger partial charge is 0.366 e. The zero-order valence-electron chi connectivity index (χ0n) is 14.3. The van der Waals surface area contributed by atoms with E-state index in [1.54, 1.807) is 6.08 Å². The summed E-state index contributed by atoms with van der Waals surface area (Å²) >= 11 is 5.95. The van der Waals surface area contributed by atoms with Crippen LogP contribution in [0.2, 0.25) is 0 Å². The van der Waals surface area contributed by atoms with Crippen molar-refractivity contribution >= 4 is 23.4 Å². The molecule has 2 aliphatic rings. The van der Waals surface area contributed by atoms with E-state index in [0.717, 1.165) is 11.1 Å². The summed E-state index contributed by atoms with van der Waals surface area (Å²) < 4.78 is 40.8. The number of nitrogens with zero attached hydrogens (tertiary/aromatic N) is 2. The summed E-state index contributed by atoms with van der Waals surface area (Å²) in [4.78, 5) is 23.9. The molecule has 146 valence electrons. The fraction of sp³-hybridized carbons (Fsp3) is 0.471. The Morgan fingerprint density at radius 3 is 2.70 bits per heavy atom. The van der Waals surface area contributed by atoms with Gasteiger partial charge in [-0.1, -0.05) is 6.08 Å². The van der Waals surface area contributed by atoms with Crippen LogP contribution >= 0.6 is 11.6 Å². The van der Waals surface area contributed by atoms with Gasteiger partial charge in [0.1, 0.15) is 6.54 Å². The quantitative estimate of drug-likeness (QED) is 0.756. The fourth-order valence-corrected chi connectivity index (χ4v) is 3.61. The molecule has 0 fully saturated rings. The molecule has 0 bridgehead atoms. The van der Waals surface area contributed by atoms with Crippen LogP contribution < -0.4 is 11.1 Å². The topological polar surface area (TPSA) is 90.0 Å². The van der Waals surface area contributed by atoms with Gasteiger partial charge in [-0.15, -0.1) is 11.6 Å². The van der Waals surface area contributed by atoms with Crippen LogP contribution in [0.4, 0.5) is 13.2 Å². The predicted octanol–water partition coefficient (Wildman–Crippen LogP) is 2.20. The second-order valence-corrected chi connectivity index (χ2v) is 7.08. The second-order valence-electron chi connectivity index (χ2n) is 6.52. The number of alkyl halides is 4. The number of nitrogens with two attached hydrogens (primary N) is 1. The Bertz CT molecular complexity index is 842. The minimum Gasteiger partial charge on any atom is -0.366 e. The van der Waals surface area contributed by atoms with Gasteiger partial charge in [0.25, 0.3) is 0 Å². The first-order chi connectivity index (χ1) is 12.7. The van der Waals surface area contributed by atoms with E-state index < -0.39 is 29.1 Å². The Balaban J connectivity index is 1.83. The summed E-state index contributed by atoms with van der Waals surface area (Å²) in [6.45, 7) is -0.383. The van der Waals surface area contributed by atoms with Gasteiger partial charge < -0.3 is 11.1 Å². The highest BCUT2D eigenvalue weighted by Gasteiger charge is 2.39. The number of carbonyl (C=O) groups excluding carboxylic acids is 2. The molecule has 2 amide bonds. The molecule has 0 aromatic carbocycles. The number of rotatable bonds is 4. The van der Waals surface area contributed by atoms with E-state index in [-0.39, 0.29) is 29.8 Å². The van der Waals surface area contributed by atoms with E-state index in [2.05, 4.69) is 10.4 Å². The van der Waals surface area contributed by atoms with E-state index in [0.29, 0.717) is 25.0 Å². The summed E-state index contributed by atoms with van der Waals surface area (Å²) in [5.74, 6) is -1.30. The van der Waals surface area contributed by atoms with Crippen molar-refractivity contribution in [1.29, 1.82) is 0 Å². The number of amides is 2. The Hall–Kier alpha value is -2.29. The van der Waals surface area contributed by atoms with Gasteiger partial charge in [-0.2, -0.15) is 18.3 Å². The number of carbonyl (C=O) groups is 2. The molecule has 1 atom stereocenters. The van der Waals surface area contributed by atoms with Crippen molar-refractivity contribution in [2.24, 2.45) is 5.73 Å². The van der Waals surface area contributed by atoms with Gasteiger partial charge in [-0.25, -0.2) is 0 Å². The fourth-order valence-electron chi connectivity index (χ4n) is 3.38. The number of primary amides is 1. The first-order valence-electron chi connectivity index (χ1n) is 8.47. The van der Waals surface area contributed by atoms with Crippen molar-refractivity contribution in [2.75, 3.05) is 0 Å². The molecule has 0 spiro atoms. The third-order valence-electron chi connectivity index (χ3n) is 4.59. The Morgan fingerprint density at radius 1 is 1.33 bits per heavy atom. The van der Waals surface area contributed by atoms with Crippen LogP contribution in [0.15, 0.2) is 23.4 Å². The van der Waals surface area contributed by atoms with E-state index in [4.69, 9.17) is 17.3 Å².